The Morgan fingerprint density at radius 3 is 2.84 bits per heavy atom. The number of halogens is 2. The molecule has 0 saturated carbocycles. The SMILES string of the molecule is Cc1cc(NC(=O)c2cc(N)ncc2Cl)ccc1Br. The second-order valence-corrected chi connectivity index (χ2v) is 5.27. The zero-order chi connectivity index (χ0) is 14.0. The van der Waals surface area contributed by atoms with Crippen LogP contribution in [0.4, 0.5) is 11.5 Å². The average Bonchev–Trinajstić information content (AvgIpc) is 2.36. The lowest BCUT2D eigenvalue weighted by Crippen LogP contribution is -2.13. The van der Waals surface area contributed by atoms with E-state index in [0.29, 0.717) is 11.3 Å². The second kappa shape index (κ2) is 5.59. The standard InChI is InChI=1S/C13H11BrClN3O/c1-7-4-8(2-3-10(7)14)18-13(19)9-5-12(16)17-6-11(9)15/h2-6H,1H3,(H2,16,17)(H,18,19). The number of aromatic nitrogens is 1. The van der Waals surface area contributed by atoms with E-state index in [0.717, 1.165) is 10.0 Å². The smallest absolute Gasteiger partial charge is 0.257 e. The Morgan fingerprint density at radius 2 is 2.16 bits per heavy atom. The lowest BCUT2D eigenvalue weighted by atomic mass is 10.2. The van der Waals surface area contributed by atoms with Gasteiger partial charge in [0.25, 0.3) is 5.91 Å². The van der Waals surface area contributed by atoms with Crippen LogP contribution in [0.3, 0.4) is 0 Å². The number of hydrogen-bond acceptors (Lipinski definition) is 3. The number of nitrogens with one attached hydrogen (secondary N) is 1. The maximum atomic E-state index is 12.1. The molecule has 0 aliphatic heterocycles. The van der Waals surface area contributed by atoms with Crippen LogP contribution in [0.2, 0.25) is 5.02 Å². The zero-order valence-corrected chi connectivity index (χ0v) is 12.4. The number of nitrogens with two attached hydrogens (primary N) is 1. The number of hydrogen-bond donors (Lipinski definition) is 2. The molecule has 6 heteroatoms. The number of carbonyl (C=O) groups is 1. The second-order valence-electron chi connectivity index (χ2n) is 4.01. The molecule has 0 saturated heterocycles. The van der Waals surface area contributed by atoms with Gasteiger partial charge in [-0.1, -0.05) is 27.5 Å². The fourth-order valence-corrected chi connectivity index (χ4v) is 1.99. The molecule has 1 aromatic carbocycles. The first-order valence-electron chi connectivity index (χ1n) is 5.46. The van der Waals surface area contributed by atoms with E-state index in [9.17, 15) is 4.79 Å². The fourth-order valence-electron chi connectivity index (χ4n) is 1.55. The Labute approximate surface area is 124 Å². The highest BCUT2D eigenvalue weighted by atomic mass is 79.9. The summed E-state index contributed by atoms with van der Waals surface area (Å²) in [4.78, 5) is 15.9. The van der Waals surface area contributed by atoms with E-state index in [1.807, 2.05) is 19.1 Å². The molecule has 0 aliphatic rings. The van der Waals surface area contributed by atoms with Crippen LogP contribution in [0.25, 0.3) is 0 Å². The third kappa shape index (κ3) is 3.24. The molecule has 1 amide bonds. The summed E-state index contributed by atoms with van der Waals surface area (Å²) in [7, 11) is 0. The summed E-state index contributed by atoms with van der Waals surface area (Å²) in [6.45, 7) is 1.94. The summed E-state index contributed by atoms with van der Waals surface area (Å²) >= 11 is 9.33. The highest BCUT2D eigenvalue weighted by Crippen LogP contribution is 2.22. The van der Waals surface area contributed by atoms with Gasteiger partial charge in [0, 0.05) is 16.4 Å². The van der Waals surface area contributed by atoms with Crippen molar-refractivity contribution >= 4 is 44.9 Å². The normalized spacial score (nSPS) is 10.3. The van der Waals surface area contributed by atoms with Crippen molar-refractivity contribution in [3.8, 4) is 0 Å². The maximum Gasteiger partial charge on any atom is 0.257 e. The molecule has 1 heterocycles. The molecule has 1 aromatic heterocycles. The van der Waals surface area contributed by atoms with E-state index in [1.165, 1.54) is 12.3 Å². The van der Waals surface area contributed by atoms with Crippen LogP contribution >= 0.6 is 27.5 Å². The third-order valence-electron chi connectivity index (χ3n) is 2.54. The Morgan fingerprint density at radius 1 is 1.42 bits per heavy atom. The number of nitrogen functional groups attached to an aromatic ring is 1. The number of benzene rings is 1. The molecule has 98 valence electrons. The Kier molecular flexibility index (Phi) is 4.07. The third-order valence-corrected chi connectivity index (χ3v) is 3.73. The zero-order valence-electron chi connectivity index (χ0n) is 10.1. The number of nitrogens with zero attached hydrogens (tertiary/aromatic N) is 1. The van der Waals surface area contributed by atoms with E-state index in [-0.39, 0.29) is 16.7 Å². The average molecular weight is 341 g/mol. The van der Waals surface area contributed by atoms with Crippen molar-refractivity contribution in [2.75, 3.05) is 11.1 Å². The van der Waals surface area contributed by atoms with Crippen LogP contribution < -0.4 is 11.1 Å². The summed E-state index contributed by atoms with van der Waals surface area (Å²) in [5.41, 5.74) is 7.57. The van der Waals surface area contributed by atoms with Crippen molar-refractivity contribution in [1.82, 2.24) is 4.98 Å². The minimum absolute atomic E-state index is 0.251. The molecule has 0 spiro atoms. The van der Waals surface area contributed by atoms with Crippen molar-refractivity contribution in [2.24, 2.45) is 0 Å². The van der Waals surface area contributed by atoms with Crippen molar-refractivity contribution < 1.29 is 4.79 Å². The molecule has 19 heavy (non-hydrogen) atoms. The van der Waals surface area contributed by atoms with Gasteiger partial charge < -0.3 is 11.1 Å². The van der Waals surface area contributed by atoms with Crippen LogP contribution in [0.1, 0.15) is 15.9 Å². The molecular formula is C13H11BrClN3O. The molecular weight excluding hydrogens is 330 g/mol. The van der Waals surface area contributed by atoms with Gasteiger partial charge in [-0.25, -0.2) is 4.98 Å². The molecule has 0 radical (unpaired) electrons. The molecule has 0 unspecified atom stereocenters. The number of carbonyl (C=O) groups excluding carboxylic acids is 1. The van der Waals surface area contributed by atoms with Gasteiger partial charge in [-0.3, -0.25) is 4.79 Å². The van der Waals surface area contributed by atoms with Crippen LogP contribution in [-0.2, 0) is 0 Å². The first-order chi connectivity index (χ1) is 8.97. The van der Waals surface area contributed by atoms with E-state index in [2.05, 4.69) is 26.2 Å². The van der Waals surface area contributed by atoms with Gasteiger partial charge in [-0.15, -0.1) is 0 Å². The van der Waals surface area contributed by atoms with E-state index >= 15 is 0 Å². The number of pyridine rings is 1. The Balaban J connectivity index is 2.25. The van der Waals surface area contributed by atoms with Crippen LogP contribution in [0, 0.1) is 6.92 Å². The molecule has 0 atom stereocenters. The molecule has 0 fully saturated rings. The maximum absolute atomic E-state index is 12.1. The van der Waals surface area contributed by atoms with Gasteiger partial charge in [0.2, 0.25) is 0 Å². The summed E-state index contributed by atoms with van der Waals surface area (Å²) < 4.78 is 0.983. The van der Waals surface area contributed by atoms with Crippen LogP contribution in [0.15, 0.2) is 34.9 Å². The summed E-state index contributed by atoms with van der Waals surface area (Å²) in [6.07, 6.45) is 1.36. The Bertz CT molecular complexity index is 646. The predicted octanol–water partition coefficient (Wildman–Crippen LogP) is 3.64. The summed E-state index contributed by atoms with van der Waals surface area (Å²) in [5.74, 6) is -0.0673. The molecule has 2 rings (SSSR count). The number of amides is 1. The summed E-state index contributed by atoms with van der Waals surface area (Å²) in [5, 5.41) is 3.03. The van der Waals surface area contributed by atoms with E-state index in [4.69, 9.17) is 17.3 Å². The number of anilines is 2. The summed E-state index contributed by atoms with van der Waals surface area (Å²) in [6, 6.07) is 6.98. The number of rotatable bonds is 2. The van der Waals surface area contributed by atoms with Gasteiger partial charge in [0.15, 0.2) is 0 Å². The van der Waals surface area contributed by atoms with Crippen molar-refractivity contribution in [2.45, 2.75) is 6.92 Å². The minimum Gasteiger partial charge on any atom is -0.384 e. The Hall–Kier alpha value is -1.59. The molecule has 2 aromatic rings. The van der Waals surface area contributed by atoms with Gasteiger partial charge >= 0.3 is 0 Å². The van der Waals surface area contributed by atoms with Crippen LogP contribution in [-0.4, -0.2) is 10.9 Å². The largest absolute Gasteiger partial charge is 0.384 e. The van der Waals surface area contributed by atoms with Crippen molar-refractivity contribution in [3.05, 3.63) is 51.1 Å². The lowest BCUT2D eigenvalue weighted by Gasteiger charge is -2.08. The lowest BCUT2D eigenvalue weighted by molar-refractivity contribution is 0.102. The highest BCUT2D eigenvalue weighted by molar-refractivity contribution is 9.10. The fraction of sp³-hybridized carbons (Fsp3) is 0.0769. The number of aryl methyl sites for hydroxylation is 1. The highest BCUT2D eigenvalue weighted by Gasteiger charge is 2.12. The molecule has 0 aliphatic carbocycles. The monoisotopic (exact) mass is 339 g/mol. The first-order valence-corrected chi connectivity index (χ1v) is 6.63. The predicted molar refractivity (Wildman–Crippen MR) is 80.5 cm³/mol. The molecule has 0 bridgehead atoms. The molecule has 4 nitrogen and oxygen atoms in total. The van der Waals surface area contributed by atoms with Crippen molar-refractivity contribution in [1.29, 1.82) is 0 Å². The molecule has 3 N–H and O–H groups in total. The van der Waals surface area contributed by atoms with Gasteiger partial charge in [-0.05, 0) is 36.8 Å². The van der Waals surface area contributed by atoms with Gasteiger partial charge in [0.1, 0.15) is 5.82 Å². The van der Waals surface area contributed by atoms with Crippen molar-refractivity contribution in [3.63, 3.8) is 0 Å². The van der Waals surface area contributed by atoms with Gasteiger partial charge in [0.05, 0.1) is 10.6 Å². The van der Waals surface area contributed by atoms with Gasteiger partial charge in [-0.2, -0.15) is 0 Å². The first kappa shape index (κ1) is 13.8. The quantitative estimate of drug-likeness (QED) is 0.877. The van der Waals surface area contributed by atoms with E-state index in [1.54, 1.807) is 6.07 Å². The van der Waals surface area contributed by atoms with E-state index < -0.39 is 0 Å². The minimum atomic E-state index is -0.319. The van der Waals surface area contributed by atoms with Crippen LogP contribution in [0.5, 0.6) is 0 Å². The topological polar surface area (TPSA) is 68.0 Å².